The van der Waals surface area contributed by atoms with Gasteiger partial charge in [0.25, 0.3) is 5.91 Å². The molecule has 2 aromatic carbocycles. The second-order valence-corrected chi connectivity index (χ2v) is 7.94. The van der Waals surface area contributed by atoms with Crippen LogP contribution in [0.15, 0.2) is 66.0 Å². The Kier molecular flexibility index (Phi) is 5.64. The first-order valence-electron chi connectivity index (χ1n) is 8.57. The zero-order valence-electron chi connectivity index (χ0n) is 14.9. The minimum Gasteiger partial charge on any atom is -0.484 e. The highest BCUT2D eigenvalue weighted by Gasteiger charge is 2.11. The number of hydrogen-bond donors (Lipinski definition) is 1. The van der Waals surface area contributed by atoms with E-state index in [0.717, 1.165) is 21.0 Å². The summed E-state index contributed by atoms with van der Waals surface area (Å²) in [5, 5.41) is 5.01. The molecule has 4 rings (SSSR count). The van der Waals surface area contributed by atoms with E-state index in [1.54, 1.807) is 12.1 Å². The Morgan fingerprint density at radius 1 is 0.931 bits per heavy atom. The SMILES string of the molecule is O=C(COc1ccc(F)cc1)Nc1nc(-c2ccc(-c3ccc(F)cc3)s2)cs1. The minimum absolute atomic E-state index is 0.200. The number of amides is 1. The van der Waals surface area contributed by atoms with E-state index in [1.165, 1.54) is 59.1 Å². The van der Waals surface area contributed by atoms with Gasteiger partial charge in [-0.25, -0.2) is 13.8 Å². The molecule has 1 N–H and O–H groups in total. The molecule has 0 spiro atoms. The Balaban J connectivity index is 1.37. The molecular formula is C21H14F2N2O2S2. The summed E-state index contributed by atoms with van der Waals surface area (Å²) in [6.07, 6.45) is 0. The number of ether oxygens (including phenoxy) is 1. The highest BCUT2D eigenvalue weighted by Crippen LogP contribution is 2.35. The number of benzene rings is 2. The smallest absolute Gasteiger partial charge is 0.264 e. The second-order valence-electron chi connectivity index (χ2n) is 6.00. The molecule has 2 heterocycles. The van der Waals surface area contributed by atoms with Crippen LogP contribution in [-0.4, -0.2) is 17.5 Å². The fourth-order valence-corrected chi connectivity index (χ4v) is 4.30. The number of aromatic nitrogens is 1. The Bertz CT molecular complexity index is 1120. The van der Waals surface area contributed by atoms with Crippen LogP contribution in [0, 0.1) is 11.6 Å². The molecule has 0 bridgehead atoms. The number of nitrogens with zero attached hydrogens (tertiary/aromatic N) is 1. The molecule has 0 radical (unpaired) electrons. The van der Waals surface area contributed by atoms with E-state index in [0.29, 0.717) is 10.9 Å². The maximum absolute atomic E-state index is 13.1. The van der Waals surface area contributed by atoms with Crippen molar-refractivity contribution in [3.05, 3.63) is 77.7 Å². The summed E-state index contributed by atoms with van der Waals surface area (Å²) in [4.78, 5) is 18.4. The van der Waals surface area contributed by atoms with Crippen molar-refractivity contribution in [3.63, 3.8) is 0 Å². The molecule has 2 aromatic heterocycles. The largest absolute Gasteiger partial charge is 0.484 e. The quantitative estimate of drug-likeness (QED) is 0.420. The molecule has 0 aliphatic heterocycles. The predicted molar refractivity (Wildman–Crippen MR) is 111 cm³/mol. The third-order valence-corrected chi connectivity index (χ3v) is 5.84. The highest BCUT2D eigenvalue weighted by atomic mass is 32.1. The lowest BCUT2D eigenvalue weighted by molar-refractivity contribution is -0.118. The minimum atomic E-state index is -0.367. The summed E-state index contributed by atoms with van der Waals surface area (Å²) >= 11 is 2.85. The molecule has 0 aliphatic carbocycles. The summed E-state index contributed by atoms with van der Waals surface area (Å²) in [6.45, 7) is -0.200. The number of nitrogens with one attached hydrogen (secondary N) is 1. The van der Waals surface area contributed by atoms with Crippen LogP contribution in [0.1, 0.15) is 0 Å². The first kappa shape index (κ1) is 19.2. The number of thiazole rings is 1. The fourth-order valence-electron chi connectivity index (χ4n) is 2.52. The number of carbonyl (C=O) groups excluding carboxylic acids is 1. The molecule has 29 heavy (non-hydrogen) atoms. The zero-order valence-corrected chi connectivity index (χ0v) is 16.5. The molecule has 0 fully saturated rings. The number of rotatable bonds is 6. The van der Waals surface area contributed by atoms with E-state index in [1.807, 2.05) is 17.5 Å². The number of anilines is 1. The van der Waals surface area contributed by atoms with E-state index in [9.17, 15) is 13.6 Å². The van der Waals surface area contributed by atoms with Gasteiger partial charge in [0.05, 0.1) is 10.6 Å². The van der Waals surface area contributed by atoms with Crippen molar-refractivity contribution < 1.29 is 18.3 Å². The van der Waals surface area contributed by atoms with Gasteiger partial charge in [-0.1, -0.05) is 12.1 Å². The van der Waals surface area contributed by atoms with Gasteiger partial charge in [0, 0.05) is 10.3 Å². The Hall–Kier alpha value is -3.10. The van der Waals surface area contributed by atoms with Crippen LogP contribution in [0.4, 0.5) is 13.9 Å². The summed E-state index contributed by atoms with van der Waals surface area (Å²) in [6, 6.07) is 15.7. The first-order valence-corrected chi connectivity index (χ1v) is 10.3. The van der Waals surface area contributed by atoms with E-state index >= 15 is 0 Å². The summed E-state index contributed by atoms with van der Waals surface area (Å²) in [7, 11) is 0. The lowest BCUT2D eigenvalue weighted by Crippen LogP contribution is -2.20. The fraction of sp³-hybridized carbons (Fsp3) is 0.0476. The van der Waals surface area contributed by atoms with E-state index in [4.69, 9.17) is 4.74 Å². The number of thiophene rings is 1. The number of carbonyl (C=O) groups is 1. The maximum Gasteiger partial charge on any atom is 0.264 e. The summed E-state index contributed by atoms with van der Waals surface area (Å²) in [5.74, 6) is -0.580. The molecule has 0 unspecified atom stereocenters. The Morgan fingerprint density at radius 2 is 1.59 bits per heavy atom. The topological polar surface area (TPSA) is 51.2 Å². The first-order chi connectivity index (χ1) is 14.1. The third kappa shape index (κ3) is 4.85. The van der Waals surface area contributed by atoms with Gasteiger partial charge in [-0.2, -0.15) is 0 Å². The van der Waals surface area contributed by atoms with Gasteiger partial charge in [0.1, 0.15) is 17.4 Å². The number of hydrogen-bond acceptors (Lipinski definition) is 5. The average Bonchev–Trinajstić information content (AvgIpc) is 3.38. The standard InChI is InChI=1S/C21H14F2N2O2S2/c22-14-3-1-13(2-4-14)18-9-10-19(29-18)17-12-28-21(24-17)25-20(26)11-27-16-7-5-15(23)6-8-16/h1-10,12H,11H2,(H,24,25,26). The van der Waals surface area contributed by atoms with Crippen LogP contribution >= 0.6 is 22.7 Å². The van der Waals surface area contributed by atoms with Gasteiger partial charge >= 0.3 is 0 Å². The predicted octanol–water partition coefficient (Wildman–Crippen LogP) is 5.83. The lowest BCUT2D eigenvalue weighted by Gasteiger charge is -2.05. The van der Waals surface area contributed by atoms with Crippen LogP contribution in [0.5, 0.6) is 5.75 Å². The summed E-state index contributed by atoms with van der Waals surface area (Å²) in [5.41, 5.74) is 1.69. The van der Waals surface area contributed by atoms with Gasteiger partial charge in [0.15, 0.2) is 11.7 Å². The van der Waals surface area contributed by atoms with Crippen LogP contribution in [0.3, 0.4) is 0 Å². The molecule has 1 amide bonds. The molecule has 0 atom stereocenters. The monoisotopic (exact) mass is 428 g/mol. The highest BCUT2D eigenvalue weighted by molar-refractivity contribution is 7.19. The zero-order chi connectivity index (χ0) is 20.2. The molecule has 0 saturated heterocycles. The maximum atomic E-state index is 13.1. The van der Waals surface area contributed by atoms with E-state index in [-0.39, 0.29) is 24.1 Å². The molecule has 4 nitrogen and oxygen atoms in total. The van der Waals surface area contributed by atoms with Gasteiger partial charge in [-0.05, 0) is 54.1 Å². The molecule has 4 aromatic rings. The summed E-state index contributed by atoms with van der Waals surface area (Å²) < 4.78 is 31.3. The second kappa shape index (κ2) is 8.50. The van der Waals surface area contributed by atoms with Crippen molar-refractivity contribution in [1.82, 2.24) is 4.98 Å². The van der Waals surface area contributed by atoms with Crippen LogP contribution < -0.4 is 10.1 Å². The van der Waals surface area contributed by atoms with Crippen molar-refractivity contribution in [1.29, 1.82) is 0 Å². The van der Waals surface area contributed by atoms with Crippen molar-refractivity contribution >= 4 is 33.7 Å². The van der Waals surface area contributed by atoms with Crippen molar-refractivity contribution in [2.24, 2.45) is 0 Å². The Labute approximate surface area is 173 Å². The normalized spacial score (nSPS) is 10.7. The molecular weight excluding hydrogens is 414 g/mol. The van der Waals surface area contributed by atoms with Crippen molar-refractivity contribution in [3.8, 4) is 26.8 Å². The molecule has 0 saturated carbocycles. The number of halogens is 2. The third-order valence-electron chi connectivity index (χ3n) is 3.92. The van der Waals surface area contributed by atoms with Gasteiger partial charge in [-0.3, -0.25) is 10.1 Å². The van der Waals surface area contributed by atoms with E-state index in [2.05, 4.69) is 10.3 Å². The van der Waals surface area contributed by atoms with Crippen LogP contribution in [0.2, 0.25) is 0 Å². The molecule has 146 valence electrons. The van der Waals surface area contributed by atoms with Crippen molar-refractivity contribution in [2.75, 3.05) is 11.9 Å². The van der Waals surface area contributed by atoms with Gasteiger partial charge in [-0.15, -0.1) is 22.7 Å². The lowest BCUT2D eigenvalue weighted by atomic mass is 10.2. The van der Waals surface area contributed by atoms with Crippen molar-refractivity contribution in [2.45, 2.75) is 0 Å². The molecule has 0 aliphatic rings. The molecule has 8 heteroatoms. The van der Waals surface area contributed by atoms with Gasteiger partial charge < -0.3 is 4.74 Å². The van der Waals surface area contributed by atoms with Gasteiger partial charge in [0.2, 0.25) is 0 Å². The van der Waals surface area contributed by atoms with Crippen LogP contribution in [-0.2, 0) is 4.79 Å². The average molecular weight is 428 g/mol. The van der Waals surface area contributed by atoms with E-state index < -0.39 is 0 Å². The van der Waals surface area contributed by atoms with Crippen LogP contribution in [0.25, 0.3) is 21.0 Å². The Morgan fingerprint density at radius 3 is 2.31 bits per heavy atom.